The summed E-state index contributed by atoms with van der Waals surface area (Å²) in [7, 11) is 0. The molecule has 0 radical (unpaired) electrons. The molecule has 0 bridgehead atoms. The highest BCUT2D eigenvalue weighted by atomic mass is 16.3. The highest BCUT2D eigenvalue weighted by molar-refractivity contribution is 6.39. The van der Waals surface area contributed by atoms with E-state index in [4.69, 9.17) is 0 Å². The molecule has 0 aliphatic carbocycles. The van der Waals surface area contributed by atoms with Crippen molar-refractivity contribution in [3.05, 3.63) is 29.8 Å². The third-order valence-corrected chi connectivity index (χ3v) is 4.41. The molecule has 1 aliphatic rings. The number of amides is 2. The molecule has 1 aromatic carbocycles. The highest BCUT2D eigenvalue weighted by Crippen LogP contribution is 2.23. The van der Waals surface area contributed by atoms with E-state index in [0.29, 0.717) is 18.7 Å². The highest BCUT2D eigenvalue weighted by Gasteiger charge is 2.30. The van der Waals surface area contributed by atoms with Crippen LogP contribution in [0, 0.1) is 5.92 Å². The Morgan fingerprint density at radius 2 is 1.83 bits per heavy atom. The zero-order chi connectivity index (χ0) is 17.2. The molecule has 2 unspecified atom stereocenters. The van der Waals surface area contributed by atoms with Crippen molar-refractivity contribution < 1.29 is 14.7 Å². The first-order valence-electron chi connectivity index (χ1n) is 8.07. The van der Waals surface area contributed by atoms with Crippen molar-refractivity contribution in [3.63, 3.8) is 0 Å². The van der Waals surface area contributed by atoms with Gasteiger partial charge in [-0.1, -0.05) is 39.8 Å². The van der Waals surface area contributed by atoms with Gasteiger partial charge in [0.05, 0.1) is 6.10 Å². The lowest BCUT2D eigenvalue weighted by atomic mass is 9.87. The number of hydrogen-bond donors (Lipinski definition) is 2. The van der Waals surface area contributed by atoms with Crippen LogP contribution in [0.3, 0.4) is 0 Å². The van der Waals surface area contributed by atoms with E-state index in [2.05, 4.69) is 26.1 Å². The topological polar surface area (TPSA) is 69.6 Å². The fraction of sp³-hybridized carbons (Fsp3) is 0.556. The van der Waals surface area contributed by atoms with Crippen LogP contribution in [0.2, 0.25) is 0 Å². The van der Waals surface area contributed by atoms with E-state index in [1.54, 1.807) is 12.1 Å². The molecule has 23 heavy (non-hydrogen) atoms. The first-order valence-corrected chi connectivity index (χ1v) is 8.07. The summed E-state index contributed by atoms with van der Waals surface area (Å²) >= 11 is 0. The van der Waals surface area contributed by atoms with Gasteiger partial charge in [-0.05, 0) is 35.4 Å². The van der Waals surface area contributed by atoms with Crippen molar-refractivity contribution in [2.75, 3.05) is 18.4 Å². The maximum absolute atomic E-state index is 12.2. The molecular weight excluding hydrogens is 292 g/mol. The van der Waals surface area contributed by atoms with E-state index in [0.717, 1.165) is 5.56 Å². The second-order valence-electron chi connectivity index (χ2n) is 7.37. The van der Waals surface area contributed by atoms with Crippen molar-refractivity contribution in [1.29, 1.82) is 0 Å². The van der Waals surface area contributed by atoms with Gasteiger partial charge in [-0.2, -0.15) is 0 Å². The predicted octanol–water partition coefficient (Wildman–Crippen LogP) is 2.15. The van der Waals surface area contributed by atoms with Crippen LogP contribution in [-0.4, -0.2) is 41.0 Å². The van der Waals surface area contributed by atoms with Gasteiger partial charge in [-0.15, -0.1) is 0 Å². The van der Waals surface area contributed by atoms with Crippen molar-refractivity contribution in [1.82, 2.24) is 4.90 Å². The normalized spacial score (nSPS) is 21.9. The Morgan fingerprint density at radius 3 is 2.35 bits per heavy atom. The molecule has 0 aromatic heterocycles. The van der Waals surface area contributed by atoms with E-state index in [-0.39, 0.29) is 17.9 Å². The number of carbonyl (C=O) groups excluding carboxylic acids is 2. The van der Waals surface area contributed by atoms with Crippen LogP contribution in [0.4, 0.5) is 5.69 Å². The molecule has 5 nitrogen and oxygen atoms in total. The van der Waals surface area contributed by atoms with Crippen molar-refractivity contribution in [2.45, 2.75) is 45.6 Å². The van der Waals surface area contributed by atoms with Gasteiger partial charge in [0.15, 0.2) is 0 Å². The van der Waals surface area contributed by atoms with E-state index < -0.39 is 17.9 Å². The Balaban J connectivity index is 1.97. The monoisotopic (exact) mass is 318 g/mol. The van der Waals surface area contributed by atoms with Crippen LogP contribution in [-0.2, 0) is 15.0 Å². The Hall–Kier alpha value is -1.88. The fourth-order valence-electron chi connectivity index (χ4n) is 2.62. The van der Waals surface area contributed by atoms with Crippen molar-refractivity contribution >= 4 is 17.5 Å². The summed E-state index contributed by atoms with van der Waals surface area (Å²) in [6, 6.07) is 7.51. The number of benzene rings is 1. The number of likely N-dealkylation sites (tertiary alicyclic amines) is 1. The number of aliphatic hydroxyl groups excluding tert-OH is 1. The van der Waals surface area contributed by atoms with Crippen LogP contribution >= 0.6 is 0 Å². The molecule has 5 heteroatoms. The second kappa shape index (κ2) is 6.71. The molecule has 0 saturated carbocycles. The van der Waals surface area contributed by atoms with Crippen LogP contribution in [0.25, 0.3) is 0 Å². The minimum Gasteiger partial charge on any atom is -0.391 e. The molecule has 1 aliphatic heterocycles. The number of carbonyl (C=O) groups is 2. The second-order valence-corrected chi connectivity index (χ2v) is 7.37. The fourth-order valence-corrected chi connectivity index (χ4v) is 2.62. The molecule has 1 saturated heterocycles. The van der Waals surface area contributed by atoms with Gasteiger partial charge in [0.2, 0.25) is 0 Å². The summed E-state index contributed by atoms with van der Waals surface area (Å²) in [6.07, 6.45) is 0.145. The standard InChI is InChI=1S/C18H26N2O3/c1-12-9-10-20(11-15(12)21)17(23)16(22)19-14-7-5-13(6-8-14)18(2,3)4/h5-8,12,15,21H,9-11H2,1-4H3,(H,19,22). The number of β-amino-alcohol motifs (C(OH)–C–C–N with tert-alkyl or cyclic N) is 1. The lowest BCUT2D eigenvalue weighted by molar-refractivity contribution is -0.146. The predicted molar refractivity (Wildman–Crippen MR) is 90.1 cm³/mol. The third kappa shape index (κ3) is 4.32. The zero-order valence-electron chi connectivity index (χ0n) is 14.3. The Bertz CT molecular complexity index is 575. The van der Waals surface area contributed by atoms with Gasteiger partial charge in [-0.25, -0.2) is 0 Å². The largest absolute Gasteiger partial charge is 0.391 e. The molecule has 0 spiro atoms. The number of aliphatic hydroxyl groups is 1. The number of rotatable bonds is 1. The summed E-state index contributed by atoms with van der Waals surface area (Å²) < 4.78 is 0. The van der Waals surface area contributed by atoms with E-state index in [9.17, 15) is 14.7 Å². The molecule has 2 atom stereocenters. The molecule has 1 aromatic rings. The first-order chi connectivity index (χ1) is 10.7. The van der Waals surface area contributed by atoms with Gasteiger partial charge < -0.3 is 15.3 Å². The van der Waals surface area contributed by atoms with Crippen LogP contribution < -0.4 is 5.32 Å². The van der Waals surface area contributed by atoms with E-state index in [1.807, 2.05) is 19.1 Å². The minimum atomic E-state index is -0.657. The van der Waals surface area contributed by atoms with E-state index >= 15 is 0 Å². The molecule has 2 rings (SSSR count). The molecule has 1 heterocycles. The van der Waals surface area contributed by atoms with Crippen molar-refractivity contribution in [2.24, 2.45) is 5.92 Å². The summed E-state index contributed by atoms with van der Waals surface area (Å²) in [5.41, 5.74) is 1.80. The van der Waals surface area contributed by atoms with Crippen molar-refractivity contribution in [3.8, 4) is 0 Å². The number of nitrogens with zero attached hydrogens (tertiary/aromatic N) is 1. The first kappa shape index (κ1) is 17.5. The van der Waals surface area contributed by atoms with Gasteiger partial charge in [0.25, 0.3) is 0 Å². The number of hydrogen-bond acceptors (Lipinski definition) is 3. The molecule has 2 amide bonds. The van der Waals surface area contributed by atoms with Crippen LogP contribution in [0.1, 0.15) is 39.7 Å². The lowest BCUT2D eigenvalue weighted by Gasteiger charge is -2.33. The summed E-state index contributed by atoms with van der Waals surface area (Å²) in [6.45, 7) is 9.03. The smallest absolute Gasteiger partial charge is 0.313 e. The van der Waals surface area contributed by atoms with E-state index in [1.165, 1.54) is 4.90 Å². The summed E-state index contributed by atoms with van der Waals surface area (Å²) in [5.74, 6) is -1.09. The van der Waals surface area contributed by atoms with Gasteiger partial charge >= 0.3 is 11.8 Å². The van der Waals surface area contributed by atoms with Crippen LogP contribution in [0.15, 0.2) is 24.3 Å². The zero-order valence-corrected chi connectivity index (χ0v) is 14.3. The van der Waals surface area contributed by atoms with Gasteiger partial charge in [-0.3, -0.25) is 9.59 Å². The summed E-state index contributed by atoms with van der Waals surface area (Å²) in [4.78, 5) is 25.7. The molecular formula is C18H26N2O3. The molecule has 1 fully saturated rings. The van der Waals surface area contributed by atoms with Gasteiger partial charge in [0, 0.05) is 18.8 Å². The summed E-state index contributed by atoms with van der Waals surface area (Å²) in [5, 5.41) is 12.5. The number of piperidine rings is 1. The third-order valence-electron chi connectivity index (χ3n) is 4.41. The molecule has 2 N–H and O–H groups in total. The number of anilines is 1. The molecule has 126 valence electrons. The Kier molecular flexibility index (Phi) is 5.09. The minimum absolute atomic E-state index is 0.0407. The quantitative estimate of drug-likeness (QED) is 0.780. The average molecular weight is 318 g/mol. The number of nitrogens with one attached hydrogen (secondary N) is 1. The van der Waals surface area contributed by atoms with Gasteiger partial charge in [0.1, 0.15) is 0 Å². The SMILES string of the molecule is CC1CCN(C(=O)C(=O)Nc2ccc(C(C)(C)C)cc2)CC1O. The average Bonchev–Trinajstić information content (AvgIpc) is 2.49. The maximum Gasteiger partial charge on any atom is 0.313 e. The Labute approximate surface area is 137 Å². The van der Waals surface area contributed by atoms with Crippen LogP contribution in [0.5, 0.6) is 0 Å². The maximum atomic E-state index is 12.2. The Morgan fingerprint density at radius 1 is 1.22 bits per heavy atom. The lowest BCUT2D eigenvalue weighted by Crippen LogP contribution is -2.49.